The Kier molecular flexibility index (Phi) is 4.77. The summed E-state index contributed by atoms with van der Waals surface area (Å²) in [5, 5.41) is -6.28. The summed E-state index contributed by atoms with van der Waals surface area (Å²) in [7, 11) is 0. The summed E-state index contributed by atoms with van der Waals surface area (Å²) in [5.41, 5.74) is -7.56. The van der Waals surface area contributed by atoms with Gasteiger partial charge in [0.1, 0.15) is 0 Å². The Morgan fingerprint density at radius 1 is 0.524 bits per heavy atom. The van der Waals surface area contributed by atoms with Crippen molar-refractivity contribution in [3.63, 3.8) is 0 Å². The third kappa shape index (κ3) is 3.40. The fourth-order valence-corrected chi connectivity index (χ4v) is 0.944. The SMILES string of the molecule is FC(F)(F)C(OC(F)(F)C(F)(F)Cl)(C(F)(F)F)C(F)(F)F. The molecule has 0 saturated carbocycles. The lowest BCUT2D eigenvalue weighted by Gasteiger charge is -2.40. The van der Waals surface area contributed by atoms with E-state index in [4.69, 9.17) is 0 Å². The van der Waals surface area contributed by atoms with Crippen molar-refractivity contribution in [2.24, 2.45) is 0 Å². The van der Waals surface area contributed by atoms with Gasteiger partial charge in [-0.25, -0.2) is 0 Å². The molecule has 0 aromatic heterocycles. The molecule has 0 aliphatic heterocycles. The van der Waals surface area contributed by atoms with Crippen LogP contribution in [0.3, 0.4) is 0 Å². The number of alkyl halides is 14. The highest BCUT2D eigenvalue weighted by molar-refractivity contribution is 6.22. The Bertz CT molecular complexity index is 334. The molecule has 0 unspecified atom stereocenters. The highest BCUT2D eigenvalue weighted by Crippen LogP contribution is 2.58. The second kappa shape index (κ2) is 4.93. The van der Waals surface area contributed by atoms with Gasteiger partial charge in [-0.3, -0.25) is 4.74 Å². The Hall–Kier alpha value is -0.660. The molecule has 0 atom stereocenters. The van der Waals surface area contributed by atoms with Gasteiger partial charge in [0.25, 0.3) is 0 Å². The quantitative estimate of drug-likeness (QED) is 0.510. The average molecular weight is 370 g/mol. The highest BCUT2D eigenvalue weighted by atomic mass is 35.5. The molecular weight excluding hydrogens is 370 g/mol. The molecule has 0 amide bonds. The molecule has 0 fully saturated rings. The van der Waals surface area contributed by atoms with E-state index in [1.54, 1.807) is 0 Å². The van der Waals surface area contributed by atoms with Gasteiger partial charge in [0.15, 0.2) is 0 Å². The molecule has 0 radical (unpaired) electrons. The minimum absolute atomic E-state index is 1.49. The van der Waals surface area contributed by atoms with Crippen LogP contribution in [-0.4, -0.2) is 35.6 Å². The highest BCUT2D eigenvalue weighted by Gasteiger charge is 2.88. The van der Waals surface area contributed by atoms with Gasteiger partial charge in [-0.15, -0.1) is 0 Å². The third-order valence-electron chi connectivity index (χ3n) is 1.81. The molecule has 0 aliphatic rings. The molecule has 1 nitrogen and oxygen atoms in total. The van der Waals surface area contributed by atoms with E-state index < -0.39 is 35.6 Å². The average Bonchev–Trinajstić information content (AvgIpc) is 2.05. The first kappa shape index (κ1) is 20.3. The molecule has 15 heteroatoms. The number of ether oxygens (including phenoxy) is 1. The topological polar surface area (TPSA) is 9.23 Å². The van der Waals surface area contributed by atoms with Gasteiger partial charge in [0.05, 0.1) is 0 Å². The summed E-state index contributed by atoms with van der Waals surface area (Å²) in [4.78, 5) is 0. The first-order valence-corrected chi connectivity index (χ1v) is 4.43. The van der Waals surface area contributed by atoms with E-state index in [9.17, 15) is 57.1 Å². The smallest absolute Gasteiger partial charge is 0.281 e. The van der Waals surface area contributed by atoms with Gasteiger partial charge in [-0.05, 0) is 11.6 Å². The van der Waals surface area contributed by atoms with Gasteiger partial charge >= 0.3 is 35.6 Å². The molecule has 0 N–H and O–H groups in total. The van der Waals surface area contributed by atoms with Crippen LogP contribution in [0.1, 0.15) is 0 Å². The maximum atomic E-state index is 12.4. The predicted octanol–water partition coefficient (Wildman–Crippen LogP) is 4.85. The number of hydrogen-bond acceptors (Lipinski definition) is 1. The second-order valence-corrected chi connectivity index (χ2v) is 3.77. The van der Waals surface area contributed by atoms with Crippen molar-refractivity contribution in [3.05, 3.63) is 0 Å². The van der Waals surface area contributed by atoms with Gasteiger partial charge in [-0.2, -0.15) is 57.1 Å². The Morgan fingerprint density at radius 2 is 0.762 bits per heavy atom. The fourth-order valence-electron chi connectivity index (χ4n) is 0.906. The van der Waals surface area contributed by atoms with Gasteiger partial charge < -0.3 is 0 Å². The zero-order chi connectivity index (χ0) is 17.7. The minimum atomic E-state index is -7.59. The summed E-state index contributed by atoms with van der Waals surface area (Å²) in [6, 6.07) is 0. The summed E-state index contributed by atoms with van der Waals surface area (Å²) >= 11 is 3.47. The van der Waals surface area contributed by atoms with Crippen LogP contribution in [0.15, 0.2) is 0 Å². The van der Waals surface area contributed by atoms with E-state index in [0.29, 0.717) is 0 Å². The Balaban J connectivity index is 6.35. The largest absolute Gasteiger partial charge is 0.436 e. The lowest BCUT2D eigenvalue weighted by Crippen LogP contribution is -2.70. The first-order valence-electron chi connectivity index (χ1n) is 4.05. The normalized spacial score (nSPS) is 16.3. The van der Waals surface area contributed by atoms with Gasteiger partial charge in [0, 0.05) is 0 Å². The third-order valence-corrected chi connectivity index (χ3v) is 2.03. The number of rotatable bonds is 3. The molecular formula is C6ClF13O. The zero-order valence-electron chi connectivity index (χ0n) is 8.70. The van der Waals surface area contributed by atoms with Crippen molar-refractivity contribution < 1.29 is 61.8 Å². The van der Waals surface area contributed by atoms with E-state index in [1.165, 1.54) is 4.74 Å². The Morgan fingerprint density at radius 3 is 0.905 bits per heavy atom. The van der Waals surface area contributed by atoms with Crippen molar-refractivity contribution in [3.8, 4) is 0 Å². The van der Waals surface area contributed by atoms with Crippen LogP contribution in [0.4, 0.5) is 57.1 Å². The fraction of sp³-hybridized carbons (Fsp3) is 1.00. The maximum Gasteiger partial charge on any atom is 0.436 e. The summed E-state index contributed by atoms with van der Waals surface area (Å²) in [6.45, 7) is 0. The Labute approximate surface area is 110 Å². The summed E-state index contributed by atoms with van der Waals surface area (Å²) in [6.07, 6.45) is -29.7. The maximum absolute atomic E-state index is 12.4. The molecule has 128 valence electrons. The lowest BCUT2D eigenvalue weighted by atomic mass is 10.0. The minimum Gasteiger partial charge on any atom is -0.281 e. The summed E-state index contributed by atoms with van der Waals surface area (Å²) < 4.78 is 159. The molecule has 0 aromatic rings. The molecule has 21 heavy (non-hydrogen) atoms. The molecule has 0 rings (SSSR count). The van der Waals surface area contributed by atoms with E-state index >= 15 is 0 Å². The van der Waals surface area contributed by atoms with Crippen LogP contribution in [0.5, 0.6) is 0 Å². The molecule has 0 aromatic carbocycles. The summed E-state index contributed by atoms with van der Waals surface area (Å²) in [5.74, 6) is 0. The molecule has 0 heterocycles. The van der Waals surface area contributed by atoms with Crippen molar-refractivity contribution in [2.75, 3.05) is 0 Å². The van der Waals surface area contributed by atoms with Crippen molar-refractivity contribution in [1.82, 2.24) is 0 Å². The van der Waals surface area contributed by atoms with Crippen LogP contribution < -0.4 is 0 Å². The molecule has 0 bridgehead atoms. The van der Waals surface area contributed by atoms with Crippen LogP contribution >= 0.6 is 11.6 Å². The van der Waals surface area contributed by atoms with E-state index in [-0.39, 0.29) is 0 Å². The number of hydrogen-bond donors (Lipinski definition) is 0. The second-order valence-electron chi connectivity index (χ2n) is 3.29. The van der Waals surface area contributed by atoms with Crippen LogP contribution in [-0.2, 0) is 4.74 Å². The van der Waals surface area contributed by atoms with Crippen LogP contribution in [0, 0.1) is 0 Å². The van der Waals surface area contributed by atoms with Crippen LogP contribution in [0.25, 0.3) is 0 Å². The van der Waals surface area contributed by atoms with Crippen molar-refractivity contribution >= 4 is 11.6 Å². The van der Waals surface area contributed by atoms with Crippen molar-refractivity contribution in [1.29, 1.82) is 0 Å². The zero-order valence-corrected chi connectivity index (χ0v) is 9.46. The van der Waals surface area contributed by atoms with E-state index in [1.807, 2.05) is 0 Å². The first-order chi connectivity index (χ1) is 8.71. The lowest BCUT2D eigenvalue weighted by molar-refractivity contribution is -0.511. The van der Waals surface area contributed by atoms with Gasteiger partial charge in [0.2, 0.25) is 0 Å². The molecule has 0 aliphatic carbocycles. The van der Waals surface area contributed by atoms with Gasteiger partial charge in [-0.1, -0.05) is 0 Å². The van der Waals surface area contributed by atoms with E-state index in [0.717, 1.165) is 0 Å². The van der Waals surface area contributed by atoms with Crippen molar-refractivity contribution in [2.45, 2.75) is 35.6 Å². The monoisotopic (exact) mass is 370 g/mol. The van der Waals surface area contributed by atoms with E-state index in [2.05, 4.69) is 11.6 Å². The number of halogens is 14. The molecule has 0 spiro atoms. The van der Waals surface area contributed by atoms with Crippen LogP contribution in [0.2, 0.25) is 0 Å². The standard InChI is InChI=1S/C6ClF13O/c7-2(8,9)6(19,20)21-1(3(10,11)12,4(13,14)15)5(16,17)18. The molecule has 0 saturated heterocycles. The predicted molar refractivity (Wildman–Crippen MR) is 37.7 cm³/mol.